The molecule has 0 aliphatic heterocycles. The molecule has 0 aliphatic rings. The normalized spacial score (nSPS) is 11.8. The maximum absolute atomic E-state index is 12.5. The van der Waals surface area contributed by atoms with E-state index in [9.17, 15) is 13.2 Å². The highest BCUT2D eigenvalue weighted by atomic mass is 19.4. The average molecular weight is 240 g/mol. The number of nitrogens with zero attached hydrogens (tertiary/aromatic N) is 2. The third kappa shape index (κ3) is 2.18. The monoisotopic (exact) mass is 240 g/mol. The molecule has 1 aromatic carbocycles. The standard InChI is InChI=1S/C12H11F3N2/c1-8-5-3-4-6-9(8)11-16-10(7-17(11)2)12(13,14)15/h3-7H,1-2H3. The van der Waals surface area contributed by atoms with Crippen molar-refractivity contribution in [1.82, 2.24) is 9.55 Å². The smallest absolute Gasteiger partial charge is 0.333 e. The number of aryl methyl sites for hydroxylation is 2. The highest BCUT2D eigenvalue weighted by Crippen LogP contribution is 2.31. The van der Waals surface area contributed by atoms with Crippen LogP contribution in [0.4, 0.5) is 13.2 Å². The summed E-state index contributed by atoms with van der Waals surface area (Å²) >= 11 is 0. The fourth-order valence-electron chi connectivity index (χ4n) is 1.68. The van der Waals surface area contributed by atoms with Gasteiger partial charge in [-0.05, 0) is 12.5 Å². The predicted molar refractivity (Wildman–Crippen MR) is 58.4 cm³/mol. The van der Waals surface area contributed by atoms with E-state index in [1.165, 1.54) is 4.57 Å². The zero-order valence-corrected chi connectivity index (χ0v) is 9.42. The van der Waals surface area contributed by atoms with Crippen molar-refractivity contribution in [3.8, 4) is 11.4 Å². The first-order valence-electron chi connectivity index (χ1n) is 5.06. The van der Waals surface area contributed by atoms with E-state index in [0.29, 0.717) is 11.4 Å². The van der Waals surface area contributed by atoms with Crippen molar-refractivity contribution in [2.45, 2.75) is 13.1 Å². The quantitative estimate of drug-likeness (QED) is 0.746. The summed E-state index contributed by atoms with van der Waals surface area (Å²) in [6, 6.07) is 7.23. The van der Waals surface area contributed by atoms with Crippen LogP contribution >= 0.6 is 0 Å². The molecule has 0 unspecified atom stereocenters. The van der Waals surface area contributed by atoms with Crippen LogP contribution < -0.4 is 0 Å². The summed E-state index contributed by atoms with van der Waals surface area (Å²) < 4.78 is 39.0. The van der Waals surface area contributed by atoms with E-state index in [1.54, 1.807) is 19.2 Å². The molecule has 0 saturated carbocycles. The molecule has 0 bridgehead atoms. The summed E-state index contributed by atoms with van der Waals surface area (Å²) in [5.74, 6) is 0.329. The maximum Gasteiger partial charge on any atom is 0.434 e. The zero-order chi connectivity index (χ0) is 12.6. The lowest BCUT2D eigenvalue weighted by molar-refractivity contribution is -0.140. The van der Waals surface area contributed by atoms with Crippen LogP contribution in [0, 0.1) is 6.92 Å². The second kappa shape index (κ2) is 3.91. The molecular formula is C12H11F3N2. The van der Waals surface area contributed by atoms with E-state index in [4.69, 9.17) is 0 Å². The Hall–Kier alpha value is -1.78. The lowest BCUT2D eigenvalue weighted by Gasteiger charge is -2.04. The molecule has 0 amide bonds. The summed E-state index contributed by atoms with van der Waals surface area (Å²) in [5.41, 5.74) is 0.749. The lowest BCUT2D eigenvalue weighted by Crippen LogP contribution is -2.04. The number of hydrogen-bond donors (Lipinski definition) is 0. The number of alkyl halides is 3. The largest absolute Gasteiger partial charge is 0.434 e. The first-order chi connectivity index (χ1) is 7.89. The Balaban J connectivity index is 2.55. The van der Waals surface area contributed by atoms with Gasteiger partial charge in [0.2, 0.25) is 0 Å². The van der Waals surface area contributed by atoms with E-state index in [2.05, 4.69) is 4.98 Å². The second-order valence-electron chi connectivity index (χ2n) is 3.87. The molecule has 17 heavy (non-hydrogen) atoms. The Kier molecular flexibility index (Phi) is 2.69. The second-order valence-corrected chi connectivity index (χ2v) is 3.87. The van der Waals surface area contributed by atoms with Crippen LogP contribution in [0.15, 0.2) is 30.5 Å². The fourth-order valence-corrected chi connectivity index (χ4v) is 1.68. The molecule has 0 fully saturated rings. The summed E-state index contributed by atoms with van der Waals surface area (Å²) in [4.78, 5) is 3.65. The highest BCUT2D eigenvalue weighted by molar-refractivity contribution is 5.60. The Morgan fingerprint density at radius 3 is 2.35 bits per heavy atom. The summed E-state index contributed by atoms with van der Waals surface area (Å²) in [7, 11) is 1.56. The lowest BCUT2D eigenvalue weighted by atomic mass is 10.1. The van der Waals surface area contributed by atoms with Gasteiger partial charge >= 0.3 is 6.18 Å². The number of benzene rings is 1. The predicted octanol–water partition coefficient (Wildman–Crippen LogP) is 3.41. The average Bonchev–Trinajstić information content (AvgIpc) is 2.61. The van der Waals surface area contributed by atoms with E-state index in [-0.39, 0.29) is 0 Å². The minimum atomic E-state index is -4.40. The van der Waals surface area contributed by atoms with Crippen molar-refractivity contribution in [3.63, 3.8) is 0 Å². The van der Waals surface area contributed by atoms with Gasteiger partial charge in [0, 0.05) is 18.8 Å². The topological polar surface area (TPSA) is 17.8 Å². The Bertz CT molecular complexity index is 541. The maximum atomic E-state index is 12.5. The molecular weight excluding hydrogens is 229 g/mol. The van der Waals surface area contributed by atoms with Crippen LogP contribution in [-0.2, 0) is 13.2 Å². The Morgan fingerprint density at radius 2 is 1.82 bits per heavy atom. The van der Waals surface area contributed by atoms with E-state index in [1.807, 2.05) is 19.1 Å². The summed E-state index contributed by atoms with van der Waals surface area (Å²) in [6.07, 6.45) is -3.40. The molecule has 1 aromatic heterocycles. The van der Waals surface area contributed by atoms with Crippen LogP contribution in [0.1, 0.15) is 11.3 Å². The number of aromatic nitrogens is 2. The summed E-state index contributed by atoms with van der Waals surface area (Å²) in [6.45, 7) is 1.84. The minimum absolute atomic E-state index is 0.329. The van der Waals surface area contributed by atoms with Crippen LogP contribution in [0.25, 0.3) is 11.4 Å². The number of hydrogen-bond acceptors (Lipinski definition) is 1. The molecule has 0 spiro atoms. The van der Waals surface area contributed by atoms with Crippen molar-refractivity contribution in [2.24, 2.45) is 7.05 Å². The van der Waals surface area contributed by atoms with Gasteiger partial charge in [-0.15, -0.1) is 0 Å². The van der Waals surface area contributed by atoms with Gasteiger partial charge in [-0.2, -0.15) is 13.2 Å². The molecule has 0 atom stereocenters. The van der Waals surface area contributed by atoms with Crippen LogP contribution in [0.2, 0.25) is 0 Å². The third-order valence-corrected chi connectivity index (χ3v) is 2.55. The van der Waals surface area contributed by atoms with Crippen LogP contribution in [-0.4, -0.2) is 9.55 Å². The molecule has 0 saturated heterocycles. The molecule has 2 rings (SSSR count). The third-order valence-electron chi connectivity index (χ3n) is 2.55. The SMILES string of the molecule is Cc1ccccc1-c1nc(C(F)(F)F)cn1C. The van der Waals surface area contributed by atoms with Crippen molar-refractivity contribution in [2.75, 3.05) is 0 Å². The molecule has 0 N–H and O–H groups in total. The van der Waals surface area contributed by atoms with Crippen molar-refractivity contribution in [1.29, 1.82) is 0 Å². The number of rotatable bonds is 1. The van der Waals surface area contributed by atoms with Gasteiger partial charge in [-0.3, -0.25) is 0 Å². The Morgan fingerprint density at radius 1 is 1.18 bits per heavy atom. The minimum Gasteiger partial charge on any atom is -0.333 e. The highest BCUT2D eigenvalue weighted by Gasteiger charge is 2.34. The number of imidazole rings is 1. The Labute approximate surface area is 96.7 Å². The molecule has 0 aliphatic carbocycles. The molecule has 2 nitrogen and oxygen atoms in total. The van der Waals surface area contributed by atoms with Crippen molar-refractivity contribution < 1.29 is 13.2 Å². The summed E-state index contributed by atoms with van der Waals surface area (Å²) in [5, 5.41) is 0. The fraction of sp³-hybridized carbons (Fsp3) is 0.250. The first-order valence-corrected chi connectivity index (χ1v) is 5.06. The van der Waals surface area contributed by atoms with Crippen LogP contribution in [0.5, 0.6) is 0 Å². The zero-order valence-electron chi connectivity index (χ0n) is 9.42. The van der Waals surface area contributed by atoms with Gasteiger partial charge in [0.1, 0.15) is 5.82 Å². The molecule has 0 radical (unpaired) electrons. The van der Waals surface area contributed by atoms with E-state index < -0.39 is 11.9 Å². The van der Waals surface area contributed by atoms with Crippen molar-refractivity contribution in [3.05, 3.63) is 41.7 Å². The van der Waals surface area contributed by atoms with Gasteiger partial charge in [0.05, 0.1) is 0 Å². The van der Waals surface area contributed by atoms with Crippen LogP contribution in [0.3, 0.4) is 0 Å². The molecule has 1 heterocycles. The van der Waals surface area contributed by atoms with Gasteiger partial charge in [-0.1, -0.05) is 24.3 Å². The molecule has 2 aromatic rings. The van der Waals surface area contributed by atoms with Gasteiger partial charge in [-0.25, -0.2) is 4.98 Å². The first kappa shape index (κ1) is 11.7. The molecule has 90 valence electrons. The van der Waals surface area contributed by atoms with Gasteiger partial charge in [0.25, 0.3) is 0 Å². The number of halogens is 3. The van der Waals surface area contributed by atoms with E-state index >= 15 is 0 Å². The van der Waals surface area contributed by atoms with Crippen molar-refractivity contribution >= 4 is 0 Å². The molecule has 5 heteroatoms. The van der Waals surface area contributed by atoms with Gasteiger partial charge in [0.15, 0.2) is 5.69 Å². The van der Waals surface area contributed by atoms with E-state index in [0.717, 1.165) is 11.8 Å². The van der Waals surface area contributed by atoms with Gasteiger partial charge < -0.3 is 4.57 Å².